The summed E-state index contributed by atoms with van der Waals surface area (Å²) in [6, 6.07) is 0. The molecule has 3 fully saturated rings. The summed E-state index contributed by atoms with van der Waals surface area (Å²) in [5.74, 6) is 1.06. The molecule has 0 N–H and O–H groups in total. The molecule has 3 saturated carbocycles. The van der Waals surface area contributed by atoms with Gasteiger partial charge in [-0.25, -0.2) is 0 Å². The van der Waals surface area contributed by atoms with E-state index in [1.54, 1.807) is 0 Å². The Bertz CT molecular complexity index is 174. The van der Waals surface area contributed by atoms with Crippen molar-refractivity contribution in [2.24, 2.45) is 16.7 Å². The van der Waals surface area contributed by atoms with E-state index in [1.807, 2.05) is 0 Å². The van der Waals surface area contributed by atoms with Crippen LogP contribution in [0.2, 0.25) is 0 Å². The SMILES string of the molecule is CCC1(C)CC2(C)CCC1CC2. The highest BCUT2D eigenvalue weighted by Crippen LogP contribution is 2.59. The molecular formula is C12H22. The van der Waals surface area contributed by atoms with Crippen molar-refractivity contribution >= 4 is 0 Å². The topological polar surface area (TPSA) is 0 Å². The molecule has 0 aliphatic heterocycles. The maximum absolute atomic E-state index is 2.52. The minimum atomic E-state index is 0.700. The summed E-state index contributed by atoms with van der Waals surface area (Å²) < 4.78 is 0. The average Bonchev–Trinajstić information content (AvgIpc) is 2.04. The van der Waals surface area contributed by atoms with Crippen molar-refractivity contribution in [1.29, 1.82) is 0 Å². The maximum Gasteiger partial charge on any atom is -0.0295 e. The molecule has 0 radical (unpaired) electrons. The first-order valence-corrected chi connectivity index (χ1v) is 5.58. The van der Waals surface area contributed by atoms with Gasteiger partial charge in [0.05, 0.1) is 0 Å². The highest BCUT2D eigenvalue weighted by Gasteiger charge is 2.48. The minimum absolute atomic E-state index is 0.700. The largest absolute Gasteiger partial charge is 0.0649 e. The van der Waals surface area contributed by atoms with Crippen LogP contribution in [0.5, 0.6) is 0 Å². The van der Waals surface area contributed by atoms with Gasteiger partial charge in [0.25, 0.3) is 0 Å². The first kappa shape index (κ1) is 8.59. The fourth-order valence-electron chi connectivity index (χ4n) is 3.72. The summed E-state index contributed by atoms with van der Waals surface area (Å²) in [6.07, 6.45) is 8.94. The predicted octanol–water partition coefficient (Wildman–Crippen LogP) is 4.00. The summed E-state index contributed by atoms with van der Waals surface area (Å²) in [4.78, 5) is 0. The Balaban J connectivity index is 2.21. The Labute approximate surface area is 76.7 Å². The molecule has 0 heterocycles. The smallest absolute Gasteiger partial charge is 0.0295 e. The van der Waals surface area contributed by atoms with Crippen LogP contribution in [0.4, 0.5) is 0 Å². The Kier molecular flexibility index (Phi) is 1.79. The Morgan fingerprint density at radius 1 is 1.17 bits per heavy atom. The van der Waals surface area contributed by atoms with E-state index in [-0.39, 0.29) is 0 Å². The summed E-state index contributed by atoms with van der Waals surface area (Å²) in [6.45, 7) is 7.41. The van der Waals surface area contributed by atoms with Crippen molar-refractivity contribution in [2.75, 3.05) is 0 Å². The van der Waals surface area contributed by atoms with E-state index in [1.165, 1.54) is 38.5 Å². The number of fused-ring (bicyclic) bond motifs is 3. The third-order valence-electron chi connectivity index (χ3n) is 4.82. The highest BCUT2D eigenvalue weighted by atomic mass is 14.5. The molecule has 12 heavy (non-hydrogen) atoms. The van der Waals surface area contributed by atoms with Gasteiger partial charge in [-0.05, 0) is 48.9 Å². The van der Waals surface area contributed by atoms with Crippen molar-refractivity contribution < 1.29 is 0 Å². The maximum atomic E-state index is 2.52. The van der Waals surface area contributed by atoms with Crippen LogP contribution in [-0.2, 0) is 0 Å². The van der Waals surface area contributed by atoms with Gasteiger partial charge in [0, 0.05) is 0 Å². The lowest BCUT2D eigenvalue weighted by Crippen LogP contribution is -2.44. The first-order valence-electron chi connectivity index (χ1n) is 5.58. The summed E-state index contributed by atoms with van der Waals surface area (Å²) in [5, 5.41) is 0. The molecule has 1 atom stereocenters. The van der Waals surface area contributed by atoms with Crippen molar-refractivity contribution in [2.45, 2.75) is 59.3 Å². The second-order valence-electron chi connectivity index (χ2n) is 5.77. The lowest BCUT2D eigenvalue weighted by Gasteiger charge is -2.55. The van der Waals surface area contributed by atoms with Crippen LogP contribution in [0.25, 0.3) is 0 Å². The van der Waals surface area contributed by atoms with Crippen molar-refractivity contribution in [3.05, 3.63) is 0 Å². The van der Waals surface area contributed by atoms with Crippen LogP contribution in [-0.4, -0.2) is 0 Å². The lowest BCUT2D eigenvalue weighted by atomic mass is 9.50. The lowest BCUT2D eigenvalue weighted by molar-refractivity contribution is -0.0424. The number of hydrogen-bond donors (Lipinski definition) is 0. The zero-order chi connectivity index (χ0) is 8.82. The Morgan fingerprint density at radius 2 is 1.75 bits per heavy atom. The summed E-state index contributed by atoms with van der Waals surface area (Å²) in [5.41, 5.74) is 1.42. The molecular weight excluding hydrogens is 144 g/mol. The van der Waals surface area contributed by atoms with Gasteiger partial charge < -0.3 is 0 Å². The minimum Gasteiger partial charge on any atom is -0.0649 e. The van der Waals surface area contributed by atoms with E-state index in [9.17, 15) is 0 Å². The van der Waals surface area contributed by atoms with Gasteiger partial charge >= 0.3 is 0 Å². The molecule has 0 aromatic rings. The fraction of sp³-hybridized carbons (Fsp3) is 1.00. The van der Waals surface area contributed by atoms with E-state index in [4.69, 9.17) is 0 Å². The molecule has 0 aromatic heterocycles. The highest BCUT2D eigenvalue weighted by molar-refractivity contribution is 4.99. The molecule has 3 aliphatic carbocycles. The molecule has 0 saturated heterocycles. The van der Waals surface area contributed by atoms with Crippen molar-refractivity contribution in [1.82, 2.24) is 0 Å². The van der Waals surface area contributed by atoms with Crippen LogP contribution in [0.3, 0.4) is 0 Å². The summed E-state index contributed by atoms with van der Waals surface area (Å²) >= 11 is 0. The molecule has 3 rings (SSSR count). The Hall–Kier alpha value is 0. The number of rotatable bonds is 1. The monoisotopic (exact) mass is 166 g/mol. The van der Waals surface area contributed by atoms with E-state index in [2.05, 4.69) is 20.8 Å². The zero-order valence-corrected chi connectivity index (χ0v) is 8.82. The van der Waals surface area contributed by atoms with Crippen molar-refractivity contribution in [3.8, 4) is 0 Å². The molecule has 2 bridgehead atoms. The molecule has 0 heteroatoms. The van der Waals surface area contributed by atoms with E-state index < -0.39 is 0 Å². The molecule has 0 amide bonds. The third kappa shape index (κ3) is 1.11. The molecule has 0 nitrogen and oxygen atoms in total. The summed E-state index contributed by atoms with van der Waals surface area (Å²) in [7, 11) is 0. The van der Waals surface area contributed by atoms with E-state index in [0.717, 1.165) is 11.3 Å². The second kappa shape index (κ2) is 2.49. The van der Waals surface area contributed by atoms with Crippen LogP contribution in [0, 0.1) is 16.7 Å². The van der Waals surface area contributed by atoms with Crippen LogP contribution in [0.1, 0.15) is 59.3 Å². The number of hydrogen-bond acceptors (Lipinski definition) is 0. The predicted molar refractivity (Wildman–Crippen MR) is 53.1 cm³/mol. The van der Waals surface area contributed by atoms with E-state index in [0.29, 0.717) is 5.41 Å². The van der Waals surface area contributed by atoms with Gasteiger partial charge in [0.2, 0.25) is 0 Å². The molecule has 70 valence electrons. The van der Waals surface area contributed by atoms with Crippen LogP contribution in [0.15, 0.2) is 0 Å². The van der Waals surface area contributed by atoms with E-state index >= 15 is 0 Å². The van der Waals surface area contributed by atoms with Gasteiger partial charge in [0.1, 0.15) is 0 Å². The van der Waals surface area contributed by atoms with Crippen LogP contribution < -0.4 is 0 Å². The van der Waals surface area contributed by atoms with Crippen molar-refractivity contribution in [3.63, 3.8) is 0 Å². The first-order chi connectivity index (χ1) is 5.58. The quantitative estimate of drug-likeness (QED) is 0.552. The molecule has 0 aromatic carbocycles. The molecule has 0 spiro atoms. The standard InChI is InChI=1S/C12H22/c1-4-12(3)9-11(2)7-5-10(12)6-8-11/h10H,4-9H2,1-3H3. The molecule has 3 aliphatic rings. The van der Waals surface area contributed by atoms with Gasteiger partial charge in [-0.15, -0.1) is 0 Å². The third-order valence-corrected chi connectivity index (χ3v) is 4.82. The van der Waals surface area contributed by atoms with Gasteiger partial charge in [-0.1, -0.05) is 27.2 Å². The van der Waals surface area contributed by atoms with Crippen LogP contribution >= 0.6 is 0 Å². The average molecular weight is 166 g/mol. The zero-order valence-electron chi connectivity index (χ0n) is 8.82. The van der Waals surface area contributed by atoms with Gasteiger partial charge in [-0.2, -0.15) is 0 Å². The Morgan fingerprint density at radius 3 is 2.08 bits per heavy atom. The molecule has 1 unspecified atom stereocenters. The van der Waals surface area contributed by atoms with Gasteiger partial charge in [-0.3, -0.25) is 0 Å². The van der Waals surface area contributed by atoms with Gasteiger partial charge in [0.15, 0.2) is 0 Å². The second-order valence-corrected chi connectivity index (χ2v) is 5.77. The normalized spacial score (nSPS) is 52.8. The fourth-order valence-corrected chi connectivity index (χ4v) is 3.72.